The highest BCUT2D eigenvalue weighted by molar-refractivity contribution is 9.11. The first kappa shape index (κ1) is 23.6. The van der Waals surface area contributed by atoms with Gasteiger partial charge in [-0.1, -0.05) is 12.1 Å². The predicted molar refractivity (Wildman–Crippen MR) is 134 cm³/mol. The van der Waals surface area contributed by atoms with Crippen molar-refractivity contribution in [2.45, 2.75) is 6.54 Å². The zero-order chi connectivity index (χ0) is 24.4. The molecule has 0 aliphatic rings. The summed E-state index contributed by atoms with van der Waals surface area (Å²) in [6.07, 6.45) is 3.59. The second kappa shape index (κ2) is 9.74. The molecule has 0 aliphatic carbocycles. The molecule has 8 nitrogen and oxygen atoms in total. The van der Waals surface area contributed by atoms with Crippen molar-refractivity contribution in [1.82, 2.24) is 9.55 Å². The van der Waals surface area contributed by atoms with E-state index in [-0.39, 0.29) is 17.2 Å². The summed E-state index contributed by atoms with van der Waals surface area (Å²) in [7, 11) is 0. The van der Waals surface area contributed by atoms with Crippen LogP contribution in [0.15, 0.2) is 82.0 Å². The Morgan fingerprint density at radius 2 is 1.56 bits per heavy atom. The highest BCUT2D eigenvalue weighted by Crippen LogP contribution is 2.31. The Labute approximate surface area is 208 Å². The van der Waals surface area contributed by atoms with Crippen molar-refractivity contribution >= 4 is 65.0 Å². The van der Waals surface area contributed by atoms with Crippen molar-refractivity contribution in [2.24, 2.45) is 0 Å². The van der Waals surface area contributed by atoms with Crippen LogP contribution in [0.4, 0.5) is 15.8 Å². The number of non-ortho nitro benzene ring substituents is 2. The molecule has 1 N–H and O–H groups in total. The largest absolute Gasteiger partial charge is 0.360 e. The van der Waals surface area contributed by atoms with Gasteiger partial charge < -0.3 is 9.55 Å². The van der Waals surface area contributed by atoms with Gasteiger partial charge in [0.15, 0.2) is 0 Å². The van der Waals surface area contributed by atoms with Crippen LogP contribution in [0.5, 0.6) is 0 Å². The van der Waals surface area contributed by atoms with E-state index in [4.69, 9.17) is 0 Å². The maximum absolute atomic E-state index is 13.2. The van der Waals surface area contributed by atoms with E-state index in [0.717, 1.165) is 27.4 Å². The molecule has 0 saturated carbocycles. The number of nitro benzene ring substituents is 2. The summed E-state index contributed by atoms with van der Waals surface area (Å²) in [4.78, 5) is 23.5. The van der Waals surface area contributed by atoms with E-state index < -0.39 is 9.85 Å². The number of halogens is 3. The average Bonchev–Trinajstić information content (AvgIpc) is 3.42. The molecule has 0 amide bonds. The third-order valence-electron chi connectivity index (χ3n) is 5.06. The molecule has 0 radical (unpaired) electrons. The SMILES string of the molecule is O=[N+]([O-])c1cc(Br)c2[nH]ccc2c1.O=[N+]([O-])c1cc(Br)c2c(ccn2Cc2cccc(F)c2)c1. The number of hydrogen-bond donors (Lipinski definition) is 1. The van der Waals surface area contributed by atoms with E-state index in [9.17, 15) is 24.6 Å². The Morgan fingerprint density at radius 1 is 0.882 bits per heavy atom. The summed E-state index contributed by atoms with van der Waals surface area (Å²) in [5, 5.41) is 23.0. The van der Waals surface area contributed by atoms with Gasteiger partial charge in [0.1, 0.15) is 5.82 Å². The van der Waals surface area contributed by atoms with E-state index in [2.05, 4.69) is 36.8 Å². The van der Waals surface area contributed by atoms with E-state index in [1.54, 1.807) is 18.3 Å². The number of hydrogen-bond acceptors (Lipinski definition) is 4. The van der Waals surface area contributed by atoms with Crippen molar-refractivity contribution in [2.75, 3.05) is 0 Å². The van der Waals surface area contributed by atoms with Crippen LogP contribution in [0.1, 0.15) is 5.56 Å². The molecule has 0 atom stereocenters. The fourth-order valence-electron chi connectivity index (χ4n) is 3.57. The number of nitrogens with one attached hydrogen (secondary N) is 1. The van der Waals surface area contributed by atoms with Gasteiger partial charge in [0, 0.05) is 62.9 Å². The number of rotatable bonds is 4. The molecule has 0 fully saturated rings. The van der Waals surface area contributed by atoms with E-state index in [1.165, 1.54) is 36.4 Å². The summed E-state index contributed by atoms with van der Waals surface area (Å²) in [6.45, 7) is 0.498. The van der Waals surface area contributed by atoms with Gasteiger partial charge in [0.2, 0.25) is 0 Å². The van der Waals surface area contributed by atoms with Crippen LogP contribution >= 0.6 is 31.9 Å². The molecule has 0 spiro atoms. The van der Waals surface area contributed by atoms with Gasteiger partial charge in [-0.25, -0.2) is 4.39 Å². The first-order chi connectivity index (χ1) is 16.2. The number of aromatic amines is 1. The van der Waals surface area contributed by atoms with Crippen molar-refractivity contribution < 1.29 is 14.2 Å². The minimum absolute atomic E-state index is 0.0397. The average molecular weight is 590 g/mol. The molecule has 3 aromatic carbocycles. The summed E-state index contributed by atoms with van der Waals surface area (Å²) in [5.74, 6) is -0.279. The van der Waals surface area contributed by atoms with Crippen LogP contribution in [-0.4, -0.2) is 19.4 Å². The third-order valence-corrected chi connectivity index (χ3v) is 6.29. The topological polar surface area (TPSA) is 107 Å². The van der Waals surface area contributed by atoms with Gasteiger partial charge in [-0.2, -0.15) is 0 Å². The first-order valence-electron chi connectivity index (χ1n) is 9.81. The fraction of sp³-hybridized carbons (Fsp3) is 0.0435. The van der Waals surface area contributed by atoms with E-state index in [0.29, 0.717) is 15.5 Å². The van der Waals surface area contributed by atoms with Crippen molar-refractivity contribution in [3.63, 3.8) is 0 Å². The van der Waals surface area contributed by atoms with Crippen LogP contribution in [0, 0.1) is 26.0 Å². The lowest BCUT2D eigenvalue weighted by molar-refractivity contribution is -0.384. The molecule has 11 heteroatoms. The molecule has 34 heavy (non-hydrogen) atoms. The summed E-state index contributed by atoms with van der Waals surface area (Å²) in [6, 6.07) is 16.0. The number of benzene rings is 3. The highest BCUT2D eigenvalue weighted by Gasteiger charge is 2.13. The molecular weight excluding hydrogens is 575 g/mol. The minimum Gasteiger partial charge on any atom is -0.360 e. The van der Waals surface area contributed by atoms with E-state index in [1.807, 2.05) is 22.9 Å². The van der Waals surface area contributed by atoms with Gasteiger partial charge in [-0.3, -0.25) is 20.2 Å². The molecule has 0 saturated heterocycles. The van der Waals surface area contributed by atoms with Gasteiger partial charge in [-0.05, 0) is 61.7 Å². The molecule has 5 aromatic rings. The number of H-pyrrole nitrogens is 1. The highest BCUT2D eigenvalue weighted by atomic mass is 79.9. The van der Waals surface area contributed by atoms with Gasteiger partial charge >= 0.3 is 0 Å². The molecule has 2 aromatic heterocycles. The molecule has 5 rings (SSSR count). The fourth-order valence-corrected chi connectivity index (χ4v) is 4.84. The Balaban J connectivity index is 0.000000180. The number of fused-ring (bicyclic) bond motifs is 2. The molecule has 2 heterocycles. The summed E-state index contributed by atoms with van der Waals surface area (Å²) >= 11 is 6.63. The van der Waals surface area contributed by atoms with Gasteiger partial charge in [-0.15, -0.1) is 0 Å². The lowest BCUT2D eigenvalue weighted by Crippen LogP contribution is -1.99. The lowest BCUT2D eigenvalue weighted by atomic mass is 10.2. The second-order valence-corrected chi connectivity index (χ2v) is 9.03. The number of nitrogens with zero attached hydrogens (tertiary/aromatic N) is 3. The van der Waals surface area contributed by atoms with Crippen LogP contribution < -0.4 is 0 Å². The third kappa shape index (κ3) is 5.00. The normalized spacial score (nSPS) is 10.8. The Kier molecular flexibility index (Phi) is 6.75. The minimum atomic E-state index is -0.423. The van der Waals surface area contributed by atoms with Crippen molar-refractivity contribution in [3.8, 4) is 0 Å². The van der Waals surface area contributed by atoms with Gasteiger partial charge in [0.05, 0.1) is 20.9 Å². The lowest BCUT2D eigenvalue weighted by Gasteiger charge is -2.07. The first-order valence-corrected chi connectivity index (χ1v) is 11.4. The van der Waals surface area contributed by atoms with Crippen molar-refractivity contribution in [3.05, 3.63) is 114 Å². The zero-order valence-corrected chi connectivity index (χ0v) is 20.4. The monoisotopic (exact) mass is 588 g/mol. The van der Waals surface area contributed by atoms with Crippen LogP contribution in [0.2, 0.25) is 0 Å². The number of aromatic nitrogens is 2. The molecule has 0 aliphatic heterocycles. The maximum Gasteiger partial charge on any atom is 0.271 e. The Hall–Kier alpha value is -3.57. The second-order valence-electron chi connectivity index (χ2n) is 7.32. The van der Waals surface area contributed by atoms with Crippen LogP contribution in [0.25, 0.3) is 21.8 Å². The molecule has 172 valence electrons. The maximum atomic E-state index is 13.2. The standard InChI is InChI=1S/C15H10BrFN2O2.C8H5BrN2O2/c16-14-8-13(19(20)21)7-11-4-5-18(15(11)14)9-10-2-1-3-12(17)6-10;9-7-4-6(11(12)13)3-5-1-2-10-8(5)7/h1-8H,9H2;1-4,10H. The van der Waals surface area contributed by atoms with E-state index >= 15 is 0 Å². The predicted octanol–water partition coefficient (Wildman–Crippen LogP) is 7.34. The number of nitro groups is 2. The molecular formula is C23H15Br2FN4O4. The molecule has 0 unspecified atom stereocenters. The summed E-state index contributed by atoms with van der Waals surface area (Å²) < 4.78 is 16.5. The quantitative estimate of drug-likeness (QED) is 0.175. The Bertz CT molecular complexity index is 1550. The summed E-state index contributed by atoms with van der Waals surface area (Å²) in [5.41, 5.74) is 2.70. The van der Waals surface area contributed by atoms with Crippen LogP contribution in [0.3, 0.4) is 0 Å². The van der Waals surface area contributed by atoms with Crippen LogP contribution in [-0.2, 0) is 6.54 Å². The zero-order valence-electron chi connectivity index (χ0n) is 17.2. The molecule has 0 bridgehead atoms. The Morgan fingerprint density at radius 3 is 2.24 bits per heavy atom. The van der Waals surface area contributed by atoms with Gasteiger partial charge in [0.25, 0.3) is 11.4 Å². The smallest absolute Gasteiger partial charge is 0.271 e. The van der Waals surface area contributed by atoms with Crippen molar-refractivity contribution in [1.29, 1.82) is 0 Å².